The number of amides is 1. The van der Waals surface area contributed by atoms with Crippen LogP contribution in [-0.2, 0) is 0 Å². The van der Waals surface area contributed by atoms with Crippen molar-refractivity contribution in [2.24, 2.45) is 0 Å². The summed E-state index contributed by atoms with van der Waals surface area (Å²) in [5, 5.41) is 12.6. The lowest BCUT2D eigenvalue weighted by Crippen LogP contribution is -2.42. The quantitative estimate of drug-likeness (QED) is 0.928. The molecule has 1 N–H and O–H groups in total. The Hall–Kier alpha value is -1.72. The smallest absolute Gasteiger partial charge is 0.253 e. The van der Waals surface area contributed by atoms with Crippen LogP contribution in [0.15, 0.2) is 29.6 Å². The van der Waals surface area contributed by atoms with Crippen molar-refractivity contribution in [3.63, 3.8) is 0 Å². The lowest BCUT2D eigenvalue weighted by molar-refractivity contribution is 0.0474. The number of β-amino-alcohol motifs (C(OH)–C–C–N with tert-alkyl or cyclic N) is 1. The summed E-state index contributed by atoms with van der Waals surface area (Å²) in [6.45, 7) is 3.11. The number of aromatic nitrogens is 1. The molecule has 3 rings (SSSR count). The van der Waals surface area contributed by atoms with Crippen LogP contribution >= 0.6 is 11.3 Å². The van der Waals surface area contributed by atoms with Crippen molar-refractivity contribution >= 4 is 17.2 Å². The Balaban J connectivity index is 1.84. The molecule has 4 nitrogen and oxygen atoms in total. The molecule has 110 valence electrons. The molecule has 1 aromatic carbocycles. The van der Waals surface area contributed by atoms with Gasteiger partial charge in [0.2, 0.25) is 0 Å². The van der Waals surface area contributed by atoms with Crippen LogP contribution in [0.2, 0.25) is 0 Å². The molecule has 0 bridgehead atoms. The van der Waals surface area contributed by atoms with Crippen LogP contribution in [0.5, 0.6) is 0 Å². The number of benzene rings is 1. The molecule has 1 aromatic heterocycles. The third-order valence-electron chi connectivity index (χ3n) is 3.66. The summed E-state index contributed by atoms with van der Waals surface area (Å²) in [4.78, 5) is 18.7. The minimum Gasteiger partial charge on any atom is -0.391 e. The van der Waals surface area contributed by atoms with Crippen molar-refractivity contribution in [2.45, 2.75) is 25.9 Å². The Kier molecular flexibility index (Phi) is 4.03. The third-order valence-corrected chi connectivity index (χ3v) is 4.67. The number of aliphatic hydroxyl groups is 1. The summed E-state index contributed by atoms with van der Waals surface area (Å²) in [5.41, 5.74) is 2.62. The van der Waals surface area contributed by atoms with Crippen molar-refractivity contribution < 1.29 is 9.90 Å². The molecular weight excluding hydrogens is 284 g/mol. The van der Waals surface area contributed by atoms with E-state index in [-0.39, 0.29) is 5.91 Å². The Labute approximate surface area is 128 Å². The van der Waals surface area contributed by atoms with Crippen molar-refractivity contribution in [1.82, 2.24) is 9.88 Å². The highest BCUT2D eigenvalue weighted by Gasteiger charge is 2.23. The SMILES string of the molecule is Cc1csc(-c2cccc(C(=O)N3CCCC(O)C3)c2)n1. The second-order valence-corrected chi connectivity index (χ2v) is 6.28. The van der Waals surface area contributed by atoms with E-state index in [1.165, 1.54) is 0 Å². The number of thiazole rings is 1. The van der Waals surface area contributed by atoms with Gasteiger partial charge in [-0.25, -0.2) is 4.98 Å². The standard InChI is InChI=1S/C16H18N2O2S/c1-11-10-21-15(17-11)12-4-2-5-13(8-12)16(20)18-7-3-6-14(19)9-18/h2,4-5,8,10,14,19H,3,6-7,9H2,1H3. The molecule has 2 aromatic rings. The van der Waals surface area contributed by atoms with Gasteiger partial charge in [0.1, 0.15) is 5.01 Å². The van der Waals surface area contributed by atoms with Crippen LogP contribution in [0, 0.1) is 6.92 Å². The van der Waals surface area contributed by atoms with E-state index in [0.717, 1.165) is 35.7 Å². The molecule has 1 aliphatic heterocycles. The van der Waals surface area contributed by atoms with E-state index < -0.39 is 6.10 Å². The Bertz CT molecular complexity index is 653. The number of nitrogens with zero attached hydrogens (tertiary/aromatic N) is 2. The molecule has 21 heavy (non-hydrogen) atoms. The predicted octanol–water partition coefficient (Wildman–Crippen LogP) is 2.72. The zero-order chi connectivity index (χ0) is 14.8. The van der Waals surface area contributed by atoms with Gasteiger partial charge in [-0.2, -0.15) is 0 Å². The number of carbonyl (C=O) groups excluding carboxylic acids is 1. The molecule has 0 saturated carbocycles. The number of piperidine rings is 1. The van der Waals surface area contributed by atoms with Crippen LogP contribution in [0.4, 0.5) is 0 Å². The molecular formula is C16H18N2O2S. The van der Waals surface area contributed by atoms with Crippen LogP contribution in [-0.4, -0.2) is 40.1 Å². The second-order valence-electron chi connectivity index (χ2n) is 5.42. The van der Waals surface area contributed by atoms with Gasteiger partial charge in [-0.05, 0) is 31.9 Å². The van der Waals surface area contributed by atoms with Gasteiger partial charge in [0.15, 0.2) is 0 Å². The summed E-state index contributed by atoms with van der Waals surface area (Å²) < 4.78 is 0. The van der Waals surface area contributed by atoms with Gasteiger partial charge in [-0.3, -0.25) is 4.79 Å². The molecule has 2 heterocycles. The zero-order valence-electron chi connectivity index (χ0n) is 12.0. The highest BCUT2D eigenvalue weighted by atomic mass is 32.1. The van der Waals surface area contributed by atoms with Gasteiger partial charge in [-0.15, -0.1) is 11.3 Å². The number of aryl methyl sites for hydroxylation is 1. The first-order valence-corrected chi connectivity index (χ1v) is 8.01. The normalized spacial score (nSPS) is 18.8. The fourth-order valence-electron chi connectivity index (χ4n) is 2.59. The molecule has 1 amide bonds. The molecule has 5 heteroatoms. The number of aliphatic hydroxyl groups excluding tert-OH is 1. The second kappa shape index (κ2) is 5.95. The van der Waals surface area contributed by atoms with Crippen LogP contribution in [0.25, 0.3) is 10.6 Å². The molecule has 1 unspecified atom stereocenters. The summed E-state index contributed by atoms with van der Waals surface area (Å²) in [5.74, 6) is -0.0103. The van der Waals surface area contributed by atoms with E-state index >= 15 is 0 Å². The van der Waals surface area contributed by atoms with Crippen LogP contribution in [0.3, 0.4) is 0 Å². The monoisotopic (exact) mass is 302 g/mol. The van der Waals surface area contributed by atoms with Gasteiger partial charge < -0.3 is 10.0 Å². The Morgan fingerprint density at radius 3 is 3.05 bits per heavy atom. The zero-order valence-corrected chi connectivity index (χ0v) is 12.8. The topological polar surface area (TPSA) is 53.4 Å². The summed E-state index contributed by atoms with van der Waals surface area (Å²) in [7, 11) is 0. The van der Waals surface area contributed by atoms with Crippen molar-refractivity contribution in [2.75, 3.05) is 13.1 Å². The molecule has 1 atom stereocenters. The van der Waals surface area contributed by atoms with Crippen molar-refractivity contribution in [3.05, 3.63) is 40.9 Å². The average molecular weight is 302 g/mol. The Morgan fingerprint density at radius 1 is 1.48 bits per heavy atom. The lowest BCUT2D eigenvalue weighted by atomic mass is 10.1. The molecule has 1 aliphatic rings. The first-order chi connectivity index (χ1) is 10.1. The van der Waals surface area contributed by atoms with Crippen molar-refractivity contribution in [1.29, 1.82) is 0 Å². The average Bonchev–Trinajstić information content (AvgIpc) is 2.93. The maximum atomic E-state index is 12.5. The lowest BCUT2D eigenvalue weighted by Gasteiger charge is -2.30. The molecule has 1 saturated heterocycles. The summed E-state index contributed by atoms with van der Waals surface area (Å²) in [6, 6.07) is 7.58. The number of hydrogen-bond donors (Lipinski definition) is 1. The van der Waals surface area contributed by atoms with E-state index in [0.29, 0.717) is 12.1 Å². The van der Waals surface area contributed by atoms with Gasteiger partial charge in [0, 0.05) is 35.3 Å². The highest BCUT2D eigenvalue weighted by molar-refractivity contribution is 7.13. The van der Waals surface area contributed by atoms with E-state index in [2.05, 4.69) is 4.98 Å². The maximum Gasteiger partial charge on any atom is 0.253 e. The van der Waals surface area contributed by atoms with Crippen LogP contribution < -0.4 is 0 Å². The van der Waals surface area contributed by atoms with Gasteiger partial charge in [-0.1, -0.05) is 12.1 Å². The van der Waals surface area contributed by atoms with Gasteiger partial charge in [0.05, 0.1) is 6.10 Å². The minimum atomic E-state index is -0.396. The molecule has 0 radical (unpaired) electrons. The van der Waals surface area contributed by atoms with E-state index in [4.69, 9.17) is 0 Å². The van der Waals surface area contributed by atoms with E-state index in [1.807, 2.05) is 36.6 Å². The highest BCUT2D eigenvalue weighted by Crippen LogP contribution is 2.25. The largest absolute Gasteiger partial charge is 0.391 e. The van der Waals surface area contributed by atoms with Gasteiger partial charge in [0.25, 0.3) is 5.91 Å². The third kappa shape index (κ3) is 3.14. The fourth-order valence-corrected chi connectivity index (χ4v) is 3.39. The number of hydrogen-bond acceptors (Lipinski definition) is 4. The van der Waals surface area contributed by atoms with E-state index in [1.54, 1.807) is 16.2 Å². The number of likely N-dealkylation sites (tertiary alicyclic amines) is 1. The van der Waals surface area contributed by atoms with Crippen LogP contribution in [0.1, 0.15) is 28.9 Å². The molecule has 0 spiro atoms. The first kappa shape index (κ1) is 14.2. The maximum absolute atomic E-state index is 12.5. The van der Waals surface area contributed by atoms with E-state index in [9.17, 15) is 9.90 Å². The fraction of sp³-hybridized carbons (Fsp3) is 0.375. The summed E-state index contributed by atoms with van der Waals surface area (Å²) >= 11 is 1.58. The predicted molar refractivity (Wildman–Crippen MR) is 83.4 cm³/mol. The first-order valence-electron chi connectivity index (χ1n) is 7.13. The molecule has 0 aliphatic carbocycles. The number of carbonyl (C=O) groups is 1. The minimum absolute atomic E-state index is 0.0103. The number of rotatable bonds is 2. The summed E-state index contributed by atoms with van der Waals surface area (Å²) in [6.07, 6.45) is 1.24. The van der Waals surface area contributed by atoms with Crippen molar-refractivity contribution in [3.8, 4) is 10.6 Å². The molecule has 1 fully saturated rings. The van der Waals surface area contributed by atoms with Gasteiger partial charge >= 0.3 is 0 Å². The Morgan fingerprint density at radius 2 is 2.33 bits per heavy atom.